The van der Waals surface area contributed by atoms with Gasteiger partial charge in [-0.15, -0.1) is 0 Å². The monoisotopic (exact) mass is 266 g/mol. The molecule has 0 radical (unpaired) electrons. The van der Waals surface area contributed by atoms with Crippen LogP contribution in [-0.2, 0) is 5.75 Å². The van der Waals surface area contributed by atoms with Crippen molar-refractivity contribution in [3.8, 4) is 5.75 Å². The molecule has 0 atom stereocenters. The molecule has 6 nitrogen and oxygen atoms in total. The Balaban J connectivity index is 2.16. The molecule has 0 aliphatic rings. The van der Waals surface area contributed by atoms with E-state index in [1.807, 2.05) is 6.07 Å². The lowest BCUT2D eigenvalue weighted by molar-refractivity contribution is 0.0987. The maximum atomic E-state index is 8.69. The van der Waals surface area contributed by atoms with Crippen molar-refractivity contribution < 1.29 is 9.84 Å². The lowest BCUT2D eigenvalue weighted by Crippen LogP contribution is -2.06. The summed E-state index contributed by atoms with van der Waals surface area (Å²) in [5.74, 6) is 2.05. The fourth-order valence-electron chi connectivity index (χ4n) is 1.48. The third kappa shape index (κ3) is 2.93. The Morgan fingerprint density at radius 1 is 1.61 bits per heavy atom. The molecule has 0 fully saturated rings. The summed E-state index contributed by atoms with van der Waals surface area (Å²) in [5, 5.41) is 9.22. The molecule has 0 spiro atoms. The number of amidine groups is 1. The van der Waals surface area contributed by atoms with E-state index in [0.29, 0.717) is 16.7 Å². The summed E-state index contributed by atoms with van der Waals surface area (Å²) in [4.78, 5) is 11.4. The molecule has 0 aliphatic heterocycles. The minimum absolute atomic E-state index is 0.341. The van der Waals surface area contributed by atoms with Gasteiger partial charge < -0.3 is 20.6 Å². The van der Waals surface area contributed by atoms with Crippen LogP contribution in [0, 0.1) is 0 Å². The number of benzene rings is 1. The van der Waals surface area contributed by atoms with Gasteiger partial charge in [-0.2, -0.15) is 0 Å². The zero-order chi connectivity index (χ0) is 13.0. The molecule has 0 saturated heterocycles. The van der Waals surface area contributed by atoms with E-state index >= 15 is 0 Å². The van der Waals surface area contributed by atoms with Gasteiger partial charge in [-0.25, -0.2) is 4.98 Å². The van der Waals surface area contributed by atoms with Gasteiger partial charge in [0.1, 0.15) is 11.6 Å². The average Bonchev–Trinajstić information content (AvgIpc) is 2.78. The number of nitrogens with one attached hydrogen (secondary N) is 1. The Morgan fingerprint density at radius 3 is 3.17 bits per heavy atom. The van der Waals surface area contributed by atoms with Crippen LogP contribution < -0.4 is 10.5 Å². The number of aliphatic imine (C=N–C) groups is 1. The standard InChI is InChI=1S/C11H14N4O2S/c1-13-11(12)18-5-10-14-8-3-2-7(17-6-16)4-9(8)15-10/h2-4,16H,5-6H2,1H3,(H2,12,13)(H,14,15). The van der Waals surface area contributed by atoms with Gasteiger partial charge in [0.2, 0.25) is 0 Å². The number of hydrogen-bond acceptors (Lipinski definition) is 5. The molecule has 96 valence electrons. The predicted molar refractivity (Wildman–Crippen MR) is 72.6 cm³/mol. The van der Waals surface area contributed by atoms with Crippen molar-refractivity contribution in [2.24, 2.45) is 10.7 Å². The normalized spacial score (nSPS) is 12.0. The van der Waals surface area contributed by atoms with Gasteiger partial charge in [0, 0.05) is 13.1 Å². The minimum atomic E-state index is -0.341. The molecule has 1 heterocycles. The number of aromatic nitrogens is 2. The highest BCUT2D eigenvalue weighted by Crippen LogP contribution is 2.20. The Labute approximate surface area is 108 Å². The summed E-state index contributed by atoms with van der Waals surface area (Å²) < 4.78 is 5.00. The Kier molecular flexibility index (Phi) is 4.06. The maximum absolute atomic E-state index is 8.69. The van der Waals surface area contributed by atoms with E-state index in [-0.39, 0.29) is 6.79 Å². The van der Waals surface area contributed by atoms with Crippen molar-refractivity contribution in [2.45, 2.75) is 5.75 Å². The van der Waals surface area contributed by atoms with E-state index in [9.17, 15) is 0 Å². The maximum Gasteiger partial charge on any atom is 0.186 e. The summed E-state index contributed by atoms with van der Waals surface area (Å²) in [6.07, 6.45) is 0. The van der Waals surface area contributed by atoms with Gasteiger partial charge in [-0.3, -0.25) is 4.99 Å². The van der Waals surface area contributed by atoms with E-state index in [4.69, 9.17) is 15.6 Å². The van der Waals surface area contributed by atoms with Crippen LogP contribution >= 0.6 is 11.8 Å². The number of ether oxygens (including phenoxy) is 1. The number of rotatable bonds is 4. The Hall–Kier alpha value is -1.73. The first kappa shape index (κ1) is 12.7. The first-order valence-electron chi connectivity index (χ1n) is 5.30. The first-order chi connectivity index (χ1) is 8.72. The number of hydrogen-bond donors (Lipinski definition) is 3. The third-order valence-corrected chi connectivity index (χ3v) is 3.21. The second-order valence-corrected chi connectivity index (χ2v) is 4.48. The fraction of sp³-hybridized carbons (Fsp3) is 0.273. The van der Waals surface area contributed by atoms with E-state index < -0.39 is 0 Å². The first-order valence-corrected chi connectivity index (χ1v) is 6.29. The lowest BCUT2D eigenvalue weighted by Gasteiger charge is -2.00. The Morgan fingerprint density at radius 2 is 2.44 bits per heavy atom. The molecule has 18 heavy (non-hydrogen) atoms. The molecular weight excluding hydrogens is 252 g/mol. The number of aliphatic hydroxyl groups is 1. The smallest absolute Gasteiger partial charge is 0.186 e. The summed E-state index contributed by atoms with van der Waals surface area (Å²) in [5.41, 5.74) is 7.32. The molecular formula is C11H14N4O2S. The molecule has 0 amide bonds. The van der Waals surface area contributed by atoms with Crippen molar-refractivity contribution in [1.82, 2.24) is 9.97 Å². The van der Waals surface area contributed by atoms with Crippen molar-refractivity contribution in [2.75, 3.05) is 13.8 Å². The predicted octanol–water partition coefficient (Wildman–Crippen LogP) is 1.07. The van der Waals surface area contributed by atoms with Gasteiger partial charge >= 0.3 is 0 Å². The molecule has 0 unspecified atom stereocenters. The minimum Gasteiger partial charge on any atom is -0.468 e. The summed E-state index contributed by atoms with van der Waals surface area (Å²) in [6, 6.07) is 5.39. The van der Waals surface area contributed by atoms with E-state index in [0.717, 1.165) is 16.9 Å². The number of aliphatic hydroxyl groups excluding tert-OH is 1. The van der Waals surface area contributed by atoms with Crippen molar-refractivity contribution in [1.29, 1.82) is 0 Å². The molecule has 1 aromatic carbocycles. The van der Waals surface area contributed by atoms with E-state index in [1.165, 1.54) is 11.8 Å². The second-order valence-electron chi connectivity index (χ2n) is 3.49. The highest BCUT2D eigenvalue weighted by molar-refractivity contribution is 8.13. The molecule has 0 aliphatic carbocycles. The molecule has 0 bridgehead atoms. The summed E-state index contributed by atoms with van der Waals surface area (Å²) >= 11 is 1.42. The van der Waals surface area contributed by atoms with E-state index in [1.54, 1.807) is 19.2 Å². The zero-order valence-electron chi connectivity index (χ0n) is 9.88. The van der Waals surface area contributed by atoms with E-state index in [2.05, 4.69) is 15.0 Å². The van der Waals surface area contributed by atoms with Gasteiger partial charge in [0.25, 0.3) is 0 Å². The quantitative estimate of drug-likeness (QED) is 0.437. The lowest BCUT2D eigenvalue weighted by atomic mass is 10.3. The van der Waals surface area contributed by atoms with Crippen LogP contribution in [0.15, 0.2) is 23.2 Å². The summed E-state index contributed by atoms with van der Waals surface area (Å²) in [6.45, 7) is -0.341. The van der Waals surface area contributed by atoms with Crippen LogP contribution in [0.1, 0.15) is 5.82 Å². The molecule has 4 N–H and O–H groups in total. The number of fused-ring (bicyclic) bond motifs is 1. The van der Waals surface area contributed by atoms with Crippen LogP contribution in [0.5, 0.6) is 5.75 Å². The van der Waals surface area contributed by atoms with Crippen molar-refractivity contribution in [3.63, 3.8) is 0 Å². The highest BCUT2D eigenvalue weighted by Gasteiger charge is 2.05. The van der Waals surface area contributed by atoms with Gasteiger partial charge in [-0.1, -0.05) is 11.8 Å². The number of imidazole rings is 1. The Bertz CT molecular complexity index is 567. The number of H-pyrrole nitrogens is 1. The van der Waals surface area contributed by atoms with Crippen molar-refractivity contribution in [3.05, 3.63) is 24.0 Å². The number of nitrogens with two attached hydrogens (primary N) is 1. The largest absolute Gasteiger partial charge is 0.468 e. The zero-order valence-corrected chi connectivity index (χ0v) is 10.7. The van der Waals surface area contributed by atoms with Crippen LogP contribution in [0.25, 0.3) is 11.0 Å². The number of nitrogens with zero attached hydrogens (tertiary/aromatic N) is 2. The topological polar surface area (TPSA) is 96.5 Å². The van der Waals surface area contributed by atoms with Crippen LogP contribution in [0.4, 0.5) is 0 Å². The number of thioether (sulfide) groups is 1. The highest BCUT2D eigenvalue weighted by atomic mass is 32.2. The third-order valence-electron chi connectivity index (χ3n) is 2.31. The number of aromatic amines is 1. The second kappa shape index (κ2) is 5.74. The molecule has 2 rings (SSSR count). The van der Waals surface area contributed by atoms with Crippen molar-refractivity contribution >= 4 is 28.0 Å². The average molecular weight is 266 g/mol. The molecule has 2 aromatic rings. The molecule has 1 aromatic heterocycles. The van der Waals surface area contributed by atoms with Crippen LogP contribution in [-0.4, -0.2) is 34.1 Å². The summed E-state index contributed by atoms with van der Waals surface area (Å²) in [7, 11) is 1.65. The van der Waals surface area contributed by atoms with Crippen LogP contribution in [0.2, 0.25) is 0 Å². The SMILES string of the molecule is CN=C(N)SCc1nc2ccc(OCO)cc2[nH]1. The molecule has 0 saturated carbocycles. The van der Waals surface area contributed by atoms with Gasteiger partial charge in [0.05, 0.1) is 16.8 Å². The molecule has 7 heteroatoms. The fourth-order valence-corrected chi connectivity index (χ4v) is 2.03. The van der Waals surface area contributed by atoms with Gasteiger partial charge in [-0.05, 0) is 12.1 Å². The van der Waals surface area contributed by atoms with Gasteiger partial charge in [0.15, 0.2) is 12.0 Å². The van der Waals surface area contributed by atoms with Crippen LogP contribution in [0.3, 0.4) is 0 Å².